The van der Waals surface area contributed by atoms with E-state index in [0.717, 1.165) is 11.3 Å². The van der Waals surface area contributed by atoms with Gasteiger partial charge >= 0.3 is 6.61 Å². The molecule has 0 spiro atoms. The van der Waals surface area contributed by atoms with Gasteiger partial charge in [-0.1, -0.05) is 30.3 Å². The number of para-hydroxylation sites is 2. The summed E-state index contributed by atoms with van der Waals surface area (Å²) < 4.78 is 29.9. The Labute approximate surface area is 186 Å². The standard InChI is InChI=1S/C22H18F2N4O3S/c1-13(29)18-11-16(27-28(18)14-7-3-2-4-8-14)20(30)26-22-25-17(12-32-22)15-9-5-6-10-19(15)31-21(23)24/h2-10,12,18,21H,11H2,1H3,(H,25,26,30). The minimum atomic E-state index is -2.96. The number of amides is 1. The van der Waals surface area contributed by atoms with Gasteiger partial charge in [-0.3, -0.25) is 19.9 Å². The number of Topliss-reactive ketones (excluding diaryl/α,β-unsaturated/α-hetero) is 1. The van der Waals surface area contributed by atoms with E-state index in [4.69, 9.17) is 0 Å². The van der Waals surface area contributed by atoms with Crippen molar-refractivity contribution in [1.82, 2.24) is 4.98 Å². The van der Waals surface area contributed by atoms with Crippen molar-refractivity contribution in [3.8, 4) is 17.0 Å². The molecule has 32 heavy (non-hydrogen) atoms. The fourth-order valence-corrected chi connectivity index (χ4v) is 3.99. The van der Waals surface area contributed by atoms with Gasteiger partial charge in [-0.15, -0.1) is 11.3 Å². The van der Waals surface area contributed by atoms with Crippen molar-refractivity contribution >= 4 is 39.6 Å². The first-order chi connectivity index (χ1) is 15.4. The summed E-state index contributed by atoms with van der Waals surface area (Å²) in [4.78, 5) is 29.2. The Bertz CT molecular complexity index is 1170. The van der Waals surface area contributed by atoms with Crippen LogP contribution in [0.4, 0.5) is 19.6 Å². The largest absolute Gasteiger partial charge is 0.434 e. The van der Waals surface area contributed by atoms with Crippen molar-refractivity contribution in [3.63, 3.8) is 0 Å². The maximum absolute atomic E-state index is 12.8. The third kappa shape index (κ3) is 4.65. The van der Waals surface area contributed by atoms with Crippen LogP contribution in [0.5, 0.6) is 5.75 Å². The number of ketones is 1. The molecule has 10 heteroatoms. The number of alkyl halides is 2. The molecule has 0 saturated carbocycles. The Morgan fingerprint density at radius 3 is 2.59 bits per heavy atom. The van der Waals surface area contributed by atoms with Gasteiger partial charge in [-0.25, -0.2) is 4.98 Å². The molecular formula is C22H18F2N4O3S. The maximum Gasteiger partial charge on any atom is 0.387 e. The van der Waals surface area contributed by atoms with E-state index < -0.39 is 18.6 Å². The summed E-state index contributed by atoms with van der Waals surface area (Å²) in [5, 5.41) is 10.5. The van der Waals surface area contributed by atoms with Gasteiger partial charge in [0.1, 0.15) is 17.5 Å². The zero-order chi connectivity index (χ0) is 22.7. The highest BCUT2D eigenvalue weighted by molar-refractivity contribution is 7.14. The number of halogens is 2. The Balaban J connectivity index is 1.52. The molecule has 3 aromatic rings. The number of nitrogens with one attached hydrogen (secondary N) is 1. The van der Waals surface area contributed by atoms with E-state index in [1.165, 1.54) is 13.0 Å². The molecule has 0 bridgehead atoms. The van der Waals surface area contributed by atoms with E-state index in [9.17, 15) is 18.4 Å². The van der Waals surface area contributed by atoms with Crippen LogP contribution < -0.4 is 15.1 Å². The molecule has 7 nitrogen and oxygen atoms in total. The third-order valence-electron chi connectivity index (χ3n) is 4.77. The van der Waals surface area contributed by atoms with Crippen LogP contribution in [-0.4, -0.2) is 35.0 Å². The normalized spacial score (nSPS) is 15.6. The number of ether oxygens (including phenoxy) is 1. The van der Waals surface area contributed by atoms with Crippen molar-refractivity contribution in [2.75, 3.05) is 10.3 Å². The zero-order valence-electron chi connectivity index (χ0n) is 16.9. The lowest BCUT2D eigenvalue weighted by Gasteiger charge is -2.20. The van der Waals surface area contributed by atoms with Crippen molar-refractivity contribution in [1.29, 1.82) is 0 Å². The van der Waals surface area contributed by atoms with Crippen LogP contribution in [0.15, 0.2) is 65.1 Å². The average molecular weight is 456 g/mol. The molecule has 4 rings (SSSR count). The predicted molar refractivity (Wildman–Crippen MR) is 118 cm³/mol. The van der Waals surface area contributed by atoms with Crippen molar-refractivity contribution in [2.24, 2.45) is 5.10 Å². The first-order valence-corrected chi connectivity index (χ1v) is 10.5. The van der Waals surface area contributed by atoms with Crippen LogP contribution in [0.3, 0.4) is 0 Å². The van der Waals surface area contributed by atoms with E-state index in [2.05, 4.69) is 20.1 Å². The van der Waals surface area contributed by atoms with Crippen LogP contribution >= 0.6 is 11.3 Å². The average Bonchev–Trinajstić information content (AvgIpc) is 3.42. The summed E-state index contributed by atoms with van der Waals surface area (Å²) in [6.45, 7) is -1.50. The first kappa shape index (κ1) is 21.6. The van der Waals surface area contributed by atoms with Gasteiger partial charge in [-0.2, -0.15) is 13.9 Å². The highest BCUT2D eigenvalue weighted by Crippen LogP contribution is 2.33. The van der Waals surface area contributed by atoms with E-state index >= 15 is 0 Å². The lowest BCUT2D eigenvalue weighted by Crippen LogP contribution is -2.33. The summed E-state index contributed by atoms with van der Waals surface area (Å²) in [6.07, 6.45) is 0.166. The Morgan fingerprint density at radius 2 is 1.88 bits per heavy atom. The van der Waals surface area contributed by atoms with Gasteiger partial charge in [0, 0.05) is 17.4 Å². The van der Waals surface area contributed by atoms with Gasteiger partial charge in [0.15, 0.2) is 10.9 Å². The number of hydrogen-bond acceptors (Lipinski definition) is 7. The number of hydrogen-bond donors (Lipinski definition) is 1. The van der Waals surface area contributed by atoms with E-state index in [1.54, 1.807) is 28.6 Å². The number of nitrogens with zero attached hydrogens (tertiary/aromatic N) is 3. The van der Waals surface area contributed by atoms with Crippen LogP contribution in [0.1, 0.15) is 13.3 Å². The van der Waals surface area contributed by atoms with E-state index in [1.807, 2.05) is 30.3 Å². The number of carbonyl (C=O) groups excluding carboxylic acids is 2. The summed E-state index contributed by atoms with van der Waals surface area (Å²) in [7, 11) is 0. The SMILES string of the molecule is CC(=O)C1CC(C(=O)Nc2nc(-c3ccccc3OC(F)F)cs2)=NN1c1ccccc1. The molecule has 0 saturated heterocycles. The number of thiazole rings is 1. The molecule has 2 aromatic carbocycles. The first-order valence-electron chi connectivity index (χ1n) is 9.65. The maximum atomic E-state index is 12.8. The number of hydrazone groups is 1. The molecule has 1 amide bonds. The summed E-state index contributed by atoms with van der Waals surface area (Å²) in [5.41, 5.74) is 1.69. The second-order valence-corrected chi connectivity index (χ2v) is 7.78. The smallest absolute Gasteiger partial charge is 0.387 e. The van der Waals surface area contributed by atoms with Crippen molar-refractivity contribution in [3.05, 3.63) is 60.0 Å². The lowest BCUT2D eigenvalue weighted by atomic mass is 10.1. The van der Waals surface area contributed by atoms with E-state index in [0.29, 0.717) is 16.9 Å². The number of carbonyl (C=O) groups is 2. The van der Waals surface area contributed by atoms with Crippen LogP contribution in [0.25, 0.3) is 11.3 Å². The Kier molecular flexibility index (Phi) is 6.22. The molecule has 164 valence electrons. The highest BCUT2D eigenvalue weighted by atomic mass is 32.1. The van der Waals surface area contributed by atoms with E-state index in [-0.39, 0.29) is 28.8 Å². The molecule has 1 N–H and O–H groups in total. The molecule has 1 atom stereocenters. The summed E-state index contributed by atoms with van der Waals surface area (Å²) in [5.74, 6) is -0.589. The van der Waals surface area contributed by atoms with Crippen molar-refractivity contribution in [2.45, 2.75) is 26.0 Å². The highest BCUT2D eigenvalue weighted by Gasteiger charge is 2.34. The van der Waals surface area contributed by atoms with Gasteiger partial charge in [-0.05, 0) is 31.2 Å². The lowest BCUT2D eigenvalue weighted by molar-refractivity contribution is -0.118. The monoisotopic (exact) mass is 456 g/mol. The molecule has 1 aliphatic rings. The fourth-order valence-electron chi connectivity index (χ4n) is 3.28. The number of rotatable bonds is 7. The van der Waals surface area contributed by atoms with Gasteiger partial charge < -0.3 is 4.74 Å². The number of aromatic nitrogens is 1. The minimum absolute atomic E-state index is 0.00588. The Morgan fingerprint density at radius 1 is 1.16 bits per heavy atom. The zero-order valence-corrected chi connectivity index (χ0v) is 17.7. The molecule has 0 fully saturated rings. The summed E-state index contributed by atoms with van der Waals surface area (Å²) in [6, 6.07) is 14.9. The number of benzene rings is 2. The third-order valence-corrected chi connectivity index (χ3v) is 5.52. The molecule has 0 radical (unpaired) electrons. The van der Waals surface area contributed by atoms with Crippen LogP contribution in [0, 0.1) is 0 Å². The molecule has 0 aliphatic carbocycles. The van der Waals surface area contributed by atoms with Crippen molar-refractivity contribution < 1.29 is 23.1 Å². The van der Waals surface area contributed by atoms with Gasteiger partial charge in [0.2, 0.25) is 0 Å². The quantitative estimate of drug-likeness (QED) is 0.563. The van der Waals surface area contributed by atoms with Crippen LogP contribution in [0.2, 0.25) is 0 Å². The van der Waals surface area contributed by atoms with Gasteiger partial charge in [0.25, 0.3) is 5.91 Å². The second-order valence-electron chi connectivity index (χ2n) is 6.92. The predicted octanol–water partition coefficient (Wildman–Crippen LogP) is 4.57. The molecule has 2 heterocycles. The fraction of sp³-hybridized carbons (Fsp3) is 0.182. The Hall–Kier alpha value is -3.66. The second kappa shape index (κ2) is 9.23. The van der Waals surface area contributed by atoms with Gasteiger partial charge in [0.05, 0.1) is 11.4 Å². The number of anilines is 2. The van der Waals surface area contributed by atoms with Crippen LogP contribution in [-0.2, 0) is 9.59 Å². The molecule has 1 aliphatic heterocycles. The minimum Gasteiger partial charge on any atom is -0.434 e. The molecule has 1 unspecified atom stereocenters. The molecule has 1 aromatic heterocycles. The topological polar surface area (TPSA) is 83.9 Å². The molecular weight excluding hydrogens is 438 g/mol. The summed E-state index contributed by atoms with van der Waals surface area (Å²) >= 11 is 1.14.